The van der Waals surface area contributed by atoms with Gasteiger partial charge in [-0.2, -0.15) is 0 Å². The Labute approximate surface area is 205 Å². The first-order chi connectivity index (χ1) is 17.0. The average Bonchev–Trinajstić information content (AvgIpc) is 3.36. The van der Waals surface area contributed by atoms with E-state index < -0.39 is 0 Å². The molecule has 2 aromatic heterocycles. The lowest BCUT2D eigenvalue weighted by Crippen LogP contribution is -2.49. The fourth-order valence-electron chi connectivity index (χ4n) is 4.27. The van der Waals surface area contributed by atoms with E-state index in [-0.39, 0.29) is 18.4 Å². The summed E-state index contributed by atoms with van der Waals surface area (Å²) in [6.07, 6.45) is 0. The van der Waals surface area contributed by atoms with E-state index in [1.807, 2.05) is 54.3 Å². The molecular formula is C28H30N4O3. The molecule has 0 atom stereocenters. The number of benzene rings is 2. The van der Waals surface area contributed by atoms with E-state index in [9.17, 15) is 4.79 Å². The molecule has 1 aliphatic heterocycles. The molecule has 0 bridgehead atoms. The van der Waals surface area contributed by atoms with Gasteiger partial charge in [0.1, 0.15) is 29.8 Å². The number of aryl methyl sites for hydroxylation is 1. The summed E-state index contributed by atoms with van der Waals surface area (Å²) in [5.41, 5.74) is 0.964. The Morgan fingerprint density at radius 1 is 0.971 bits per heavy atom. The topological polar surface area (TPSA) is 71.7 Å². The molecular weight excluding hydrogens is 440 g/mol. The van der Waals surface area contributed by atoms with Crippen molar-refractivity contribution >= 4 is 22.5 Å². The molecule has 2 aromatic carbocycles. The summed E-state index contributed by atoms with van der Waals surface area (Å²) in [7, 11) is 0. The average molecular weight is 471 g/mol. The molecule has 5 rings (SSSR count). The third kappa shape index (κ3) is 5.14. The Kier molecular flexibility index (Phi) is 6.40. The summed E-state index contributed by atoms with van der Waals surface area (Å²) in [6.45, 7) is 9.13. The number of piperazine rings is 1. The second-order valence-electron chi connectivity index (χ2n) is 9.22. The van der Waals surface area contributed by atoms with Crippen molar-refractivity contribution in [2.75, 3.05) is 31.1 Å². The summed E-state index contributed by atoms with van der Waals surface area (Å²) in [4.78, 5) is 26.3. The molecule has 180 valence electrons. The molecule has 35 heavy (non-hydrogen) atoms. The fourth-order valence-corrected chi connectivity index (χ4v) is 4.27. The standard InChI is InChI=1S/C28H30N4O3/c1-19(2)27-29-20(3)16-26(30-27)31-12-14-32(15-13-31)28(33)25-11-10-24(35-25)18-34-23-9-8-21-6-4-5-7-22(21)17-23/h4-11,16-17,19H,12-15,18H2,1-3H3. The number of furan rings is 1. The molecule has 1 saturated heterocycles. The van der Waals surface area contributed by atoms with Gasteiger partial charge in [-0.25, -0.2) is 9.97 Å². The van der Waals surface area contributed by atoms with Crippen LogP contribution in [-0.2, 0) is 6.61 Å². The molecule has 7 heteroatoms. The fraction of sp³-hybridized carbons (Fsp3) is 0.321. The zero-order valence-electron chi connectivity index (χ0n) is 20.4. The predicted molar refractivity (Wildman–Crippen MR) is 136 cm³/mol. The van der Waals surface area contributed by atoms with Crippen LogP contribution in [0.5, 0.6) is 5.75 Å². The summed E-state index contributed by atoms with van der Waals surface area (Å²) in [5, 5.41) is 2.29. The minimum Gasteiger partial charge on any atom is -0.486 e. The summed E-state index contributed by atoms with van der Waals surface area (Å²) in [5.74, 6) is 3.70. The molecule has 1 amide bonds. The highest BCUT2D eigenvalue weighted by Gasteiger charge is 2.25. The van der Waals surface area contributed by atoms with Crippen LogP contribution in [0.2, 0.25) is 0 Å². The van der Waals surface area contributed by atoms with Gasteiger partial charge in [0, 0.05) is 43.9 Å². The zero-order valence-corrected chi connectivity index (χ0v) is 20.4. The van der Waals surface area contributed by atoms with Crippen LogP contribution >= 0.6 is 0 Å². The Morgan fingerprint density at radius 2 is 1.74 bits per heavy atom. The maximum atomic E-state index is 13.0. The molecule has 1 aliphatic rings. The number of hydrogen-bond donors (Lipinski definition) is 0. The number of anilines is 1. The van der Waals surface area contributed by atoms with Crippen LogP contribution in [0.25, 0.3) is 10.8 Å². The highest BCUT2D eigenvalue weighted by Crippen LogP contribution is 2.23. The van der Waals surface area contributed by atoms with Gasteiger partial charge in [0.2, 0.25) is 0 Å². The van der Waals surface area contributed by atoms with E-state index in [0.29, 0.717) is 24.6 Å². The summed E-state index contributed by atoms with van der Waals surface area (Å²) < 4.78 is 11.7. The van der Waals surface area contributed by atoms with Crippen LogP contribution in [0, 0.1) is 6.92 Å². The molecule has 1 fully saturated rings. The van der Waals surface area contributed by atoms with Crippen molar-refractivity contribution in [3.8, 4) is 5.75 Å². The molecule has 4 aromatic rings. The van der Waals surface area contributed by atoms with Crippen LogP contribution in [0.4, 0.5) is 5.82 Å². The number of ether oxygens (including phenoxy) is 1. The molecule has 7 nitrogen and oxygen atoms in total. The third-order valence-electron chi connectivity index (χ3n) is 6.24. The molecule has 0 N–H and O–H groups in total. The van der Waals surface area contributed by atoms with Gasteiger partial charge in [0.05, 0.1) is 0 Å². The van der Waals surface area contributed by atoms with Gasteiger partial charge < -0.3 is 19.0 Å². The number of aromatic nitrogens is 2. The Hall–Kier alpha value is -3.87. The Bertz CT molecular complexity index is 1340. The van der Waals surface area contributed by atoms with Crippen molar-refractivity contribution in [1.29, 1.82) is 0 Å². The lowest BCUT2D eigenvalue weighted by molar-refractivity contribution is 0.0710. The number of carbonyl (C=O) groups excluding carboxylic acids is 1. The lowest BCUT2D eigenvalue weighted by atomic mass is 10.1. The number of hydrogen-bond acceptors (Lipinski definition) is 6. The SMILES string of the molecule is Cc1cc(N2CCN(C(=O)c3ccc(COc4ccc5ccccc5c4)o3)CC2)nc(C(C)C)n1. The molecule has 0 unspecified atom stereocenters. The van der Waals surface area contributed by atoms with Gasteiger partial charge in [-0.15, -0.1) is 0 Å². The first kappa shape index (κ1) is 22.9. The van der Waals surface area contributed by atoms with Crippen LogP contribution in [0.3, 0.4) is 0 Å². The number of rotatable bonds is 6. The van der Waals surface area contributed by atoms with E-state index in [4.69, 9.17) is 14.1 Å². The van der Waals surface area contributed by atoms with Gasteiger partial charge in [0.25, 0.3) is 5.91 Å². The number of carbonyl (C=O) groups is 1. The molecule has 0 spiro atoms. The summed E-state index contributed by atoms with van der Waals surface area (Å²) in [6, 6.07) is 19.7. The van der Waals surface area contributed by atoms with Crippen molar-refractivity contribution in [2.45, 2.75) is 33.3 Å². The Balaban J connectivity index is 1.18. The van der Waals surface area contributed by atoms with Crippen molar-refractivity contribution in [1.82, 2.24) is 14.9 Å². The smallest absolute Gasteiger partial charge is 0.289 e. The second kappa shape index (κ2) is 9.78. The van der Waals surface area contributed by atoms with Gasteiger partial charge in [-0.3, -0.25) is 4.79 Å². The second-order valence-corrected chi connectivity index (χ2v) is 9.22. The van der Waals surface area contributed by atoms with Crippen LogP contribution in [-0.4, -0.2) is 47.0 Å². The maximum absolute atomic E-state index is 13.0. The Morgan fingerprint density at radius 3 is 2.51 bits per heavy atom. The first-order valence-corrected chi connectivity index (χ1v) is 12.1. The van der Waals surface area contributed by atoms with Gasteiger partial charge in [-0.05, 0) is 42.0 Å². The summed E-state index contributed by atoms with van der Waals surface area (Å²) >= 11 is 0. The maximum Gasteiger partial charge on any atom is 0.289 e. The van der Waals surface area contributed by atoms with E-state index in [2.05, 4.69) is 35.9 Å². The molecule has 0 saturated carbocycles. The molecule has 0 radical (unpaired) electrons. The van der Waals surface area contributed by atoms with Gasteiger partial charge >= 0.3 is 0 Å². The van der Waals surface area contributed by atoms with Crippen molar-refractivity contribution in [2.24, 2.45) is 0 Å². The van der Waals surface area contributed by atoms with Gasteiger partial charge in [0.15, 0.2) is 5.76 Å². The van der Waals surface area contributed by atoms with Gasteiger partial charge in [-0.1, -0.05) is 44.2 Å². The largest absolute Gasteiger partial charge is 0.486 e. The quantitative estimate of drug-likeness (QED) is 0.386. The first-order valence-electron chi connectivity index (χ1n) is 12.1. The minimum absolute atomic E-state index is 0.0941. The van der Waals surface area contributed by atoms with Crippen LogP contribution < -0.4 is 9.64 Å². The highest BCUT2D eigenvalue weighted by molar-refractivity contribution is 5.91. The lowest BCUT2D eigenvalue weighted by Gasteiger charge is -2.35. The monoisotopic (exact) mass is 470 g/mol. The molecule has 0 aliphatic carbocycles. The highest BCUT2D eigenvalue weighted by atomic mass is 16.5. The zero-order chi connectivity index (χ0) is 24.4. The number of amides is 1. The van der Waals surface area contributed by atoms with Crippen molar-refractivity contribution < 1.29 is 13.9 Å². The number of fused-ring (bicyclic) bond motifs is 1. The van der Waals surface area contributed by atoms with Crippen molar-refractivity contribution in [3.05, 3.63) is 83.7 Å². The number of nitrogens with zero attached hydrogens (tertiary/aromatic N) is 4. The molecule has 3 heterocycles. The normalized spacial score (nSPS) is 14.1. The van der Waals surface area contributed by atoms with Crippen molar-refractivity contribution in [3.63, 3.8) is 0 Å². The van der Waals surface area contributed by atoms with E-state index >= 15 is 0 Å². The third-order valence-corrected chi connectivity index (χ3v) is 6.24. The van der Waals surface area contributed by atoms with E-state index in [0.717, 1.165) is 41.6 Å². The van der Waals surface area contributed by atoms with E-state index in [1.54, 1.807) is 6.07 Å². The van der Waals surface area contributed by atoms with E-state index in [1.165, 1.54) is 5.39 Å². The minimum atomic E-state index is -0.0941. The predicted octanol–water partition coefficient (Wildman–Crippen LogP) is 5.20. The van der Waals surface area contributed by atoms with Crippen LogP contribution in [0.1, 0.15) is 47.6 Å². The van der Waals surface area contributed by atoms with Crippen LogP contribution in [0.15, 0.2) is 65.1 Å².